The highest BCUT2D eigenvalue weighted by molar-refractivity contribution is 5.39. The van der Waals surface area contributed by atoms with Crippen LogP contribution >= 0.6 is 0 Å². The minimum atomic E-state index is -0.648. The van der Waals surface area contributed by atoms with Crippen LogP contribution in [-0.2, 0) is 11.8 Å². The van der Waals surface area contributed by atoms with Crippen molar-refractivity contribution in [3.05, 3.63) is 65.5 Å². The molecule has 5 heteroatoms. The molecule has 4 fully saturated rings. The number of aliphatic hydroxyl groups is 3. The van der Waals surface area contributed by atoms with Crippen LogP contribution in [0.15, 0.2) is 58.2 Å². The Labute approximate surface area is 247 Å². The molecule has 6 atom stereocenters. The molecule has 0 spiro atoms. The monoisotopic (exact) mass is 563 g/mol. The van der Waals surface area contributed by atoms with Crippen molar-refractivity contribution in [2.24, 2.45) is 22.7 Å². The second-order valence-electron chi connectivity index (χ2n) is 14.5. The van der Waals surface area contributed by atoms with Crippen LogP contribution in [0.25, 0.3) is 0 Å². The van der Waals surface area contributed by atoms with E-state index >= 15 is 0 Å². The maximum absolute atomic E-state index is 11.4. The van der Waals surface area contributed by atoms with Gasteiger partial charge in [0.2, 0.25) is 5.89 Å². The maximum atomic E-state index is 11.4. The number of allylic oxidation sites excluding steroid dienone is 4. The van der Waals surface area contributed by atoms with Crippen molar-refractivity contribution < 1.29 is 19.7 Å². The average Bonchev–Trinajstić information content (AvgIpc) is 3.45. The number of fused-ring (bicyclic) bond motifs is 1. The van der Waals surface area contributed by atoms with Crippen LogP contribution in [0, 0.1) is 22.7 Å². The minimum Gasteiger partial charge on any atom is -0.445 e. The summed E-state index contributed by atoms with van der Waals surface area (Å²) in [5.41, 5.74) is 3.04. The summed E-state index contributed by atoms with van der Waals surface area (Å²) in [6.45, 7) is 13.5. The first-order valence-corrected chi connectivity index (χ1v) is 16.3. The lowest BCUT2D eigenvalue weighted by atomic mass is 9.57. The highest BCUT2D eigenvalue weighted by atomic mass is 16.4. The Morgan fingerprint density at radius 2 is 1.95 bits per heavy atom. The normalized spacial score (nSPS) is 34.5. The highest BCUT2D eigenvalue weighted by Gasteiger charge is 2.55. The molecule has 5 rings (SSSR count). The summed E-state index contributed by atoms with van der Waals surface area (Å²) in [6.07, 6.45) is 22.0. The number of aliphatic hydroxyl groups excluding tert-OH is 3. The molecule has 5 nitrogen and oxygen atoms in total. The molecule has 0 amide bonds. The molecular formula is C36H53NO4. The van der Waals surface area contributed by atoms with Gasteiger partial charge in [-0.1, -0.05) is 77.0 Å². The molecule has 0 bridgehead atoms. The van der Waals surface area contributed by atoms with Gasteiger partial charge in [0, 0.05) is 12.8 Å². The number of aromatic nitrogens is 1. The van der Waals surface area contributed by atoms with Crippen molar-refractivity contribution in [2.45, 2.75) is 135 Å². The largest absolute Gasteiger partial charge is 0.445 e. The van der Waals surface area contributed by atoms with Gasteiger partial charge in [0.25, 0.3) is 0 Å². The number of hydrogen-bond acceptors (Lipinski definition) is 5. The second kappa shape index (κ2) is 12.0. The minimum absolute atomic E-state index is 0.0464. The van der Waals surface area contributed by atoms with Crippen LogP contribution < -0.4 is 0 Å². The summed E-state index contributed by atoms with van der Waals surface area (Å²) in [4.78, 5) is 4.60. The summed E-state index contributed by atoms with van der Waals surface area (Å²) >= 11 is 0. The van der Waals surface area contributed by atoms with Crippen molar-refractivity contribution in [1.82, 2.24) is 4.98 Å². The first-order valence-electron chi connectivity index (χ1n) is 16.3. The molecule has 3 N–H and O–H groups in total. The molecule has 0 unspecified atom stereocenters. The van der Waals surface area contributed by atoms with Gasteiger partial charge in [0.05, 0.1) is 29.9 Å². The summed E-state index contributed by atoms with van der Waals surface area (Å²) in [7, 11) is 0. The Balaban J connectivity index is 1.28. The zero-order valence-corrected chi connectivity index (χ0v) is 25.9. The lowest BCUT2D eigenvalue weighted by molar-refractivity contribution is 0.0705. The van der Waals surface area contributed by atoms with Gasteiger partial charge >= 0.3 is 0 Å². The zero-order chi connectivity index (χ0) is 29.4. The van der Waals surface area contributed by atoms with Gasteiger partial charge in [0.1, 0.15) is 5.76 Å². The molecule has 1 aromatic heterocycles. The lowest BCUT2D eigenvalue weighted by Crippen LogP contribution is -2.39. The Bertz CT molecular complexity index is 1180. The molecule has 226 valence electrons. The number of aryl methyl sites for hydroxylation is 1. The molecule has 41 heavy (non-hydrogen) atoms. The van der Waals surface area contributed by atoms with Crippen LogP contribution in [-0.4, -0.2) is 38.6 Å². The highest BCUT2D eigenvalue weighted by Crippen LogP contribution is 2.62. The first kappa shape index (κ1) is 30.5. The number of rotatable bonds is 10. The van der Waals surface area contributed by atoms with E-state index in [2.05, 4.69) is 57.5 Å². The fraction of sp³-hybridized carbons (Fsp3) is 0.694. The van der Waals surface area contributed by atoms with E-state index in [0.717, 1.165) is 49.0 Å². The van der Waals surface area contributed by atoms with Gasteiger partial charge in [-0.15, -0.1) is 0 Å². The van der Waals surface area contributed by atoms with Crippen molar-refractivity contribution in [2.75, 3.05) is 0 Å². The molecule has 0 aliphatic heterocycles. The van der Waals surface area contributed by atoms with E-state index in [0.29, 0.717) is 30.6 Å². The van der Waals surface area contributed by atoms with Crippen LogP contribution in [0.5, 0.6) is 0 Å². The summed E-state index contributed by atoms with van der Waals surface area (Å²) in [5.74, 6) is 2.72. The quantitative estimate of drug-likeness (QED) is 0.202. The third-order valence-corrected chi connectivity index (χ3v) is 11.2. The topological polar surface area (TPSA) is 86.7 Å². The molecule has 4 aliphatic carbocycles. The predicted octanol–water partition coefficient (Wildman–Crippen LogP) is 7.52. The fourth-order valence-corrected chi connectivity index (χ4v) is 8.54. The van der Waals surface area contributed by atoms with Crippen LogP contribution in [0.2, 0.25) is 0 Å². The zero-order valence-electron chi connectivity index (χ0n) is 25.9. The van der Waals surface area contributed by atoms with Gasteiger partial charge < -0.3 is 19.7 Å². The molecule has 1 heterocycles. The summed E-state index contributed by atoms with van der Waals surface area (Å²) < 4.78 is 6.14. The molecule has 0 saturated heterocycles. The second-order valence-corrected chi connectivity index (χ2v) is 14.5. The fourth-order valence-electron chi connectivity index (χ4n) is 8.54. The maximum Gasteiger partial charge on any atom is 0.203 e. The number of oxazole rings is 1. The molecular weight excluding hydrogens is 510 g/mol. The summed E-state index contributed by atoms with van der Waals surface area (Å²) in [5, 5.41) is 31.8. The molecule has 0 radical (unpaired) electrons. The molecule has 4 aliphatic rings. The Morgan fingerprint density at radius 1 is 1.17 bits per heavy atom. The smallest absolute Gasteiger partial charge is 0.203 e. The average molecular weight is 564 g/mol. The Hall–Kier alpha value is -1.95. The van der Waals surface area contributed by atoms with E-state index in [1.54, 1.807) is 0 Å². The molecule has 4 saturated carbocycles. The van der Waals surface area contributed by atoms with Crippen LogP contribution in [0.4, 0.5) is 0 Å². The molecule has 1 aromatic rings. The van der Waals surface area contributed by atoms with Crippen molar-refractivity contribution in [3.8, 4) is 0 Å². The van der Waals surface area contributed by atoms with E-state index in [-0.39, 0.29) is 16.2 Å². The van der Waals surface area contributed by atoms with Gasteiger partial charge in [0.15, 0.2) is 0 Å². The predicted molar refractivity (Wildman–Crippen MR) is 164 cm³/mol. The van der Waals surface area contributed by atoms with Crippen LogP contribution in [0.1, 0.15) is 116 Å². The molecule has 0 aromatic carbocycles. The van der Waals surface area contributed by atoms with Crippen molar-refractivity contribution >= 4 is 0 Å². The van der Waals surface area contributed by atoms with Crippen molar-refractivity contribution in [1.29, 1.82) is 0 Å². The standard InChI is InChI=1S/C36H53NO4/c1-6-7-8-11-28-23-37-33(41-28)36(19-20-36)32(40)16-18-34(3,4)31-15-14-29-25(10-9-17-35(29,31)5)12-13-26-21-27(38)22-30(39)24(26)2/h12-13,16,18,23,27,29-32,38-40H,2,6-11,14-15,17,19-22H2,1,3-5H3/b18-16+,25-12+,26-13-/t27-,29+,30+,31-,32+,35+/m1/s1. The van der Waals surface area contributed by atoms with E-state index in [1.165, 1.54) is 44.1 Å². The number of nitrogens with zero attached hydrogens (tertiary/aromatic N) is 1. The van der Waals surface area contributed by atoms with Crippen molar-refractivity contribution in [3.63, 3.8) is 0 Å². The van der Waals surface area contributed by atoms with Gasteiger partial charge in [-0.2, -0.15) is 0 Å². The number of unbranched alkanes of at least 4 members (excludes halogenated alkanes) is 2. The summed E-state index contributed by atoms with van der Waals surface area (Å²) in [6, 6.07) is 0. The van der Waals surface area contributed by atoms with Gasteiger partial charge in [-0.3, -0.25) is 0 Å². The van der Waals surface area contributed by atoms with Gasteiger partial charge in [-0.25, -0.2) is 4.98 Å². The van der Waals surface area contributed by atoms with E-state index < -0.39 is 18.3 Å². The Kier molecular flexibility index (Phi) is 8.91. The first-order chi connectivity index (χ1) is 19.5. The Morgan fingerprint density at radius 3 is 2.68 bits per heavy atom. The van der Waals surface area contributed by atoms with E-state index in [4.69, 9.17) is 4.42 Å². The lowest BCUT2D eigenvalue weighted by Gasteiger charge is -2.47. The van der Waals surface area contributed by atoms with Gasteiger partial charge in [-0.05, 0) is 91.6 Å². The SMILES string of the molecule is C=C1/C(=C\C=C2/CCC[C@]3(C)[C@@H](C(C)(C)/C=C/[C@H](O)C4(c5ncc(CCCCC)o5)CC4)CC[C@@H]23)C[C@@H](O)C[C@@H]1O. The van der Waals surface area contributed by atoms with Crippen LogP contribution in [0.3, 0.4) is 0 Å². The third-order valence-electron chi connectivity index (χ3n) is 11.2. The van der Waals surface area contributed by atoms with E-state index in [9.17, 15) is 15.3 Å². The number of hydrogen-bond donors (Lipinski definition) is 3. The third kappa shape index (κ3) is 6.10. The van der Waals surface area contributed by atoms with E-state index in [1.807, 2.05) is 12.3 Å².